The van der Waals surface area contributed by atoms with Gasteiger partial charge >= 0.3 is 5.89 Å². The van der Waals surface area contributed by atoms with Crippen molar-refractivity contribution < 1.29 is 39.7 Å². The molecule has 1 saturated heterocycles. The summed E-state index contributed by atoms with van der Waals surface area (Å²) in [6, 6.07) is 26.2. The first-order chi connectivity index (χ1) is 24.5. The van der Waals surface area contributed by atoms with Gasteiger partial charge in [0.25, 0.3) is 25.8 Å². The predicted octanol–water partition coefficient (Wildman–Crippen LogP) is 7.43. The standard InChI is InChI=1S/C39H42N2O8S2/c1-2-29(25-38-40(21-9-11-23-50(42,43)44)34-27-32(17-19-36(34)48-38)30-13-5-3-6-14-30)26-39-41(22-10-12-24-51(45,46)47)35-28-33(18-20-37(35)49-39)31-15-7-4-8-16-31/h3-8,13-20,25-27,35H,2,9-12,21-24,28H2,1H3,(H-,42,43,44,45,46,47)/p+1. The number of benzene rings is 3. The van der Waals surface area contributed by atoms with Crippen LogP contribution in [0.2, 0.25) is 0 Å². The number of hydrogen-bond donors (Lipinski definition) is 2. The van der Waals surface area contributed by atoms with Gasteiger partial charge in [-0.2, -0.15) is 21.4 Å². The van der Waals surface area contributed by atoms with Crippen molar-refractivity contribution in [2.75, 3.05) is 18.1 Å². The maximum Gasteiger partial charge on any atom is 0.374 e. The zero-order valence-corrected chi connectivity index (χ0v) is 30.2. The zero-order chi connectivity index (χ0) is 36.0. The molecule has 10 nitrogen and oxygen atoms in total. The van der Waals surface area contributed by atoms with Crippen molar-refractivity contribution in [3.8, 4) is 11.1 Å². The summed E-state index contributed by atoms with van der Waals surface area (Å²) >= 11 is 0. The van der Waals surface area contributed by atoms with Crippen LogP contribution in [0.3, 0.4) is 0 Å². The Hall–Kier alpha value is -4.49. The van der Waals surface area contributed by atoms with E-state index in [-0.39, 0.29) is 17.5 Å². The Morgan fingerprint density at radius 3 is 2.18 bits per heavy atom. The van der Waals surface area contributed by atoms with Crippen molar-refractivity contribution in [1.29, 1.82) is 0 Å². The number of aromatic nitrogens is 1. The van der Waals surface area contributed by atoms with Crippen molar-refractivity contribution in [2.45, 2.75) is 58.0 Å². The molecule has 268 valence electrons. The van der Waals surface area contributed by atoms with Crippen molar-refractivity contribution in [3.05, 3.63) is 126 Å². The lowest BCUT2D eigenvalue weighted by molar-refractivity contribution is -0.678. The van der Waals surface area contributed by atoms with Crippen molar-refractivity contribution in [2.24, 2.45) is 0 Å². The second kappa shape index (κ2) is 15.8. The van der Waals surface area contributed by atoms with Gasteiger partial charge in [0.1, 0.15) is 5.76 Å². The average Bonchev–Trinajstić information content (AvgIpc) is 3.63. The predicted molar refractivity (Wildman–Crippen MR) is 198 cm³/mol. The third-order valence-corrected chi connectivity index (χ3v) is 10.8. The van der Waals surface area contributed by atoms with E-state index >= 15 is 0 Å². The van der Waals surface area contributed by atoms with Gasteiger partial charge in [-0.15, -0.1) is 0 Å². The Morgan fingerprint density at radius 1 is 0.843 bits per heavy atom. The smallest absolute Gasteiger partial charge is 0.374 e. The van der Waals surface area contributed by atoms with Gasteiger partial charge in [0, 0.05) is 31.5 Å². The lowest BCUT2D eigenvalue weighted by Crippen LogP contribution is -2.35. The summed E-state index contributed by atoms with van der Waals surface area (Å²) in [5, 5.41) is 0. The Labute approximate surface area is 299 Å². The van der Waals surface area contributed by atoms with Gasteiger partial charge in [0.15, 0.2) is 12.4 Å². The second-order valence-corrected chi connectivity index (χ2v) is 16.0. The van der Waals surface area contributed by atoms with E-state index < -0.39 is 20.2 Å². The van der Waals surface area contributed by atoms with E-state index in [1.54, 1.807) is 0 Å². The molecule has 12 heteroatoms. The van der Waals surface area contributed by atoms with Gasteiger partial charge in [0.05, 0.1) is 23.6 Å². The first-order valence-corrected chi connectivity index (χ1v) is 20.4. The highest BCUT2D eigenvalue weighted by atomic mass is 32.2. The quantitative estimate of drug-likeness (QED) is 0.0726. The molecule has 0 amide bonds. The molecular formula is C39H43N2O8S2+. The number of hydrogen-bond acceptors (Lipinski definition) is 7. The van der Waals surface area contributed by atoms with Crippen LogP contribution in [0.1, 0.15) is 56.9 Å². The molecule has 1 atom stereocenters. The van der Waals surface area contributed by atoms with E-state index in [1.807, 2.05) is 90.4 Å². The zero-order valence-electron chi connectivity index (χ0n) is 28.5. The molecule has 1 aliphatic carbocycles. The van der Waals surface area contributed by atoms with Gasteiger partial charge in [-0.25, -0.2) is 0 Å². The lowest BCUT2D eigenvalue weighted by atomic mass is 9.93. The van der Waals surface area contributed by atoms with E-state index in [9.17, 15) is 25.9 Å². The van der Waals surface area contributed by atoms with E-state index in [4.69, 9.17) is 9.15 Å². The minimum absolute atomic E-state index is 0.0735. The van der Waals surface area contributed by atoms with Crippen LogP contribution in [0.4, 0.5) is 0 Å². The molecule has 0 saturated carbocycles. The number of ether oxygens (including phenoxy) is 1. The molecule has 0 spiro atoms. The number of rotatable bonds is 15. The molecule has 0 radical (unpaired) electrons. The molecule has 2 N–H and O–H groups in total. The van der Waals surface area contributed by atoms with Gasteiger partial charge in [0.2, 0.25) is 5.58 Å². The van der Waals surface area contributed by atoms with Crippen LogP contribution in [-0.2, 0) is 31.5 Å². The minimum atomic E-state index is -4.07. The van der Waals surface area contributed by atoms with Crippen LogP contribution in [-0.4, -0.2) is 54.9 Å². The molecule has 2 heterocycles. The summed E-state index contributed by atoms with van der Waals surface area (Å²) in [6.07, 6.45) is 11.1. The highest BCUT2D eigenvalue weighted by Crippen LogP contribution is 2.39. The lowest BCUT2D eigenvalue weighted by Gasteiger charge is -2.27. The first-order valence-electron chi connectivity index (χ1n) is 17.2. The Bertz CT molecular complexity index is 2200. The number of oxazole rings is 1. The third kappa shape index (κ3) is 9.44. The summed E-state index contributed by atoms with van der Waals surface area (Å²) in [5.74, 6) is 1.45. The van der Waals surface area contributed by atoms with Crippen LogP contribution < -0.4 is 4.57 Å². The number of nitrogens with zero attached hydrogens (tertiary/aromatic N) is 2. The van der Waals surface area contributed by atoms with Crippen molar-refractivity contribution in [3.63, 3.8) is 0 Å². The summed E-state index contributed by atoms with van der Waals surface area (Å²) in [7, 11) is -8.13. The molecule has 1 aliphatic heterocycles. The molecule has 3 aromatic carbocycles. The molecule has 1 fully saturated rings. The largest absolute Gasteiger partial charge is 0.443 e. The first kappa shape index (κ1) is 36.3. The summed E-state index contributed by atoms with van der Waals surface area (Å²) in [4.78, 5) is 2.17. The van der Waals surface area contributed by atoms with E-state index in [2.05, 4.69) is 29.2 Å². The van der Waals surface area contributed by atoms with Crippen LogP contribution in [0.5, 0.6) is 0 Å². The van der Waals surface area contributed by atoms with Crippen LogP contribution >= 0.6 is 0 Å². The van der Waals surface area contributed by atoms with Gasteiger partial charge in [-0.3, -0.25) is 9.11 Å². The number of fused-ring (bicyclic) bond motifs is 2. The van der Waals surface area contributed by atoms with Crippen molar-refractivity contribution in [1.82, 2.24) is 4.90 Å². The van der Waals surface area contributed by atoms with E-state index in [0.717, 1.165) is 33.5 Å². The fourth-order valence-electron chi connectivity index (χ4n) is 6.55. The maximum absolute atomic E-state index is 11.4. The summed E-state index contributed by atoms with van der Waals surface area (Å²) < 4.78 is 79.2. The third-order valence-electron chi connectivity index (χ3n) is 9.17. The molecule has 1 aromatic heterocycles. The van der Waals surface area contributed by atoms with Crippen LogP contribution in [0, 0.1) is 0 Å². The minimum Gasteiger partial charge on any atom is -0.443 e. The molecule has 51 heavy (non-hydrogen) atoms. The van der Waals surface area contributed by atoms with E-state index in [1.165, 1.54) is 5.57 Å². The SMILES string of the molecule is CCC(/C=C1\OC2=CC=C(c3ccccc3)CC2N1CCCCS(=O)(=O)O)=C\c1oc2ccc(-c3ccccc3)cc2[n+]1CCCCS(=O)(=O)O. The van der Waals surface area contributed by atoms with E-state index in [0.29, 0.717) is 69.0 Å². The molecule has 2 aliphatic rings. The molecule has 0 bridgehead atoms. The van der Waals surface area contributed by atoms with Gasteiger partial charge in [-0.05, 0) is 65.7 Å². The van der Waals surface area contributed by atoms with Crippen LogP contribution in [0.15, 0.2) is 119 Å². The Balaban J connectivity index is 1.33. The number of allylic oxidation sites excluding steroid dienone is 4. The van der Waals surface area contributed by atoms with Gasteiger partial charge < -0.3 is 14.1 Å². The van der Waals surface area contributed by atoms with Gasteiger partial charge in [-0.1, -0.05) is 79.7 Å². The normalized spacial score (nSPS) is 17.4. The highest BCUT2D eigenvalue weighted by molar-refractivity contribution is 7.86. The van der Waals surface area contributed by atoms with Crippen LogP contribution in [0.25, 0.3) is 33.9 Å². The average molecular weight is 732 g/mol. The Morgan fingerprint density at radius 2 is 1.51 bits per heavy atom. The maximum atomic E-state index is 11.4. The monoisotopic (exact) mass is 731 g/mol. The fraction of sp³-hybridized carbons (Fsp3) is 0.308. The molecule has 4 aromatic rings. The molecule has 6 rings (SSSR count). The number of aryl methyl sites for hydroxylation is 1. The topological polar surface area (TPSA) is 138 Å². The Kier molecular flexibility index (Phi) is 11.3. The summed E-state index contributed by atoms with van der Waals surface area (Å²) in [6.45, 7) is 3.05. The van der Waals surface area contributed by atoms with Crippen molar-refractivity contribution >= 4 is 43.0 Å². The molecular weight excluding hydrogens is 689 g/mol. The number of unbranched alkanes of at least 4 members (excludes halogenated alkanes) is 2. The highest BCUT2D eigenvalue weighted by Gasteiger charge is 2.37. The molecule has 1 unspecified atom stereocenters. The summed E-state index contributed by atoms with van der Waals surface area (Å²) in [5.41, 5.74) is 6.87. The second-order valence-electron chi connectivity index (χ2n) is 12.8. The fourth-order valence-corrected chi connectivity index (χ4v) is 7.69.